The zero-order valence-corrected chi connectivity index (χ0v) is 13.7. The van der Waals surface area contributed by atoms with E-state index in [1.807, 2.05) is 11.3 Å². The molecule has 1 aromatic heterocycles. The zero-order chi connectivity index (χ0) is 13.8. The number of thiophene rings is 1. The van der Waals surface area contributed by atoms with Crippen molar-refractivity contribution in [1.82, 2.24) is 5.32 Å². The largest absolute Gasteiger partial charge is 0.313 e. The van der Waals surface area contributed by atoms with Gasteiger partial charge in [-0.25, -0.2) is 0 Å². The molecule has 2 unspecified atom stereocenters. The number of fused-ring (bicyclic) bond motifs is 1. The van der Waals surface area contributed by atoms with Crippen LogP contribution in [0.2, 0.25) is 0 Å². The molecule has 0 aromatic carbocycles. The molecule has 2 aliphatic carbocycles. The topological polar surface area (TPSA) is 12.0 Å². The van der Waals surface area contributed by atoms with E-state index in [0.29, 0.717) is 0 Å². The van der Waals surface area contributed by atoms with E-state index in [1.165, 1.54) is 57.8 Å². The fraction of sp³-hybridized carbons (Fsp3) is 0.778. The molecule has 2 atom stereocenters. The minimum absolute atomic E-state index is 0.728. The Morgan fingerprint density at radius 1 is 1.15 bits per heavy atom. The predicted molar refractivity (Wildman–Crippen MR) is 88.7 cm³/mol. The molecule has 1 heterocycles. The van der Waals surface area contributed by atoms with Gasteiger partial charge in [-0.3, -0.25) is 0 Å². The third kappa shape index (κ3) is 3.12. The number of hydrogen-bond acceptors (Lipinski definition) is 2. The predicted octanol–water partition coefficient (Wildman–Crippen LogP) is 5.12. The fourth-order valence-corrected chi connectivity index (χ4v) is 5.43. The molecule has 20 heavy (non-hydrogen) atoms. The third-order valence-electron chi connectivity index (χ3n) is 5.38. The summed E-state index contributed by atoms with van der Waals surface area (Å²) in [5.74, 6) is 1.70. The Hall–Kier alpha value is -0.340. The van der Waals surface area contributed by atoms with Gasteiger partial charge in [-0.2, -0.15) is 0 Å². The molecule has 0 spiro atoms. The first kappa shape index (κ1) is 14.6. The lowest BCUT2D eigenvalue weighted by molar-refractivity contribution is 0.267. The van der Waals surface area contributed by atoms with Crippen LogP contribution in [0.1, 0.15) is 74.6 Å². The molecule has 0 radical (unpaired) electrons. The lowest BCUT2D eigenvalue weighted by Gasteiger charge is -2.36. The van der Waals surface area contributed by atoms with Gasteiger partial charge in [-0.1, -0.05) is 32.6 Å². The van der Waals surface area contributed by atoms with Gasteiger partial charge in [0.1, 0.15) is 0 Å². The second-order valence-corrected chi connectivity index (χ2v) is 7.63. The molecular formula is C18H29NS. The van der Waals surface area contributed by atoms with E-state index in [-0.39, 0.29) is 0 Å². The molecule has 0 aliphatic heterocycles. The Balaban J connectivity index is 1.80. The first-order valence-electron chi connectivity index (χ1n) is 8.69. The Kier molecular flexibility index (Phi) is 5.17. The second kappa shape index (κ2) is 7.09. The number of aryl methyl sites for hydroxylation is 1. The molecule has 0 amide bonds. The maximum absolute atomic E-state index is 3.89. The smallest absolute Gasteiger partial charge is 0.0164 e. The molecule has 2 heteroatoms. The standard InChI is InChI=1S/C18H29NS/c1-2-19-18(14-8-5-3-4-6-9-14)16-10-7-11-17-15(16)12-13-20-17/h12-14,16,18-19H,2-11H2,1H3. The van der Waals surface area contributed by atoms with E-state index >= 15 is 0 Å². The SMILES string of the molecule is CCNC(C1CCCCCC1)C1CCCc2sccc21. The number of rotatable bonds is 4. The van der Waals surface area contributed by atoms with Crippen LogP contribution in [0.5, 0.6) is 0 Å². The van der Waals surface area contributed by atoms with Crippen LogP contribution in [-0.2, 0) is 6.42 Å². The van der Waals surface area contributed by atoms with Gasteiger partial charge in [-0.15, -0.1) is 11.3 Å². The molecule has 1 N–H and O–H groups in total. The fourth-order valence-electron chi connectivity index (χ4n) is 4.44. The summed E-state index contributed by atoms with van der Waals surface area (Å²) >= 11 is 1.99. The minimum atomic E-state index is 0.728. The number of likely N-dealkylation sites (N-methyl/N-ethyl adjacent to an activating group) is 1. The molecule has 1 nitrogen and oxygen atoms in total. The second-order valence-electron chi connectivity index (χ2n) is 6.63. The highest BCUT2D eigenvalue weighted by Crippen LogP contribution is 2.41. The van der Waals surface area contributed by atoms with Gasteiger partial charge in [0, 0.05) is 16.8 Å². The van der Waals surface area contributed by atoms with Crippen molar-refractivity contribution in [3.05, 3.63) is 21.9 Å². The van der Waals surface area contributed by atoms with Crippen LogP contribution < -0.4 is 5.32 Å². The highest BCUT2D eigenvalue weighted by atomic mass is 32.1. The normalized spacial score (nSPS) is 25.9. The third-order valence-corrected chi connectivity index (χ3v) is 6.38. The van der Waals surface area contributed by atoms with E-state index in [1.54, 1.807) is 10.4 Å². The van der Waals surface area contributed by atoms with Gasteiger partial charge in [0.05, 0.1) is 0 Å². The highest BCUT2D eigenvalue weighted by Gasteiger charge is 2.33. The van der Waals surface area contributed by atoms with Gasteiger partial charge >= 0.3 is 0 Å². The van der Waals surface area contributed by atoms with Crippen LogP contribution in [0.25, 0.3) is 0 Å². The molecule has 112 valence electrons. The van der Waals surface area contributed by atoms with Crippen LogP contribution in [0.3, 0.4) is 0 Å². The summed E-state index contributed by atoms with van der Waals surface area (Å²) in [4.78, 5) is 1.68. The van der Waals surface area contributed by atoms with E-state index in [4.69, 9.17) is 0 Å². The zero-order valence-electron chi connectivity index (χ0n) is 12.9. The molecule has 1 saturated carbocycles. The summed E-state index contributed by atoms with van der Waals surface area (Å²) < 4.78 is 0. The molecule has 1 aromatic rings. The Morgan fingerprint density at radius 2 is 1.95 bits per heavy atom. The van der Waals surface area contributed by atoms with Gasteiger partial charge < -0.3 is 5.32 Å². The van der Waals surface area contributed by atoms with Gasteiger partial charge in [-0.05, 0) is 61.6 Å². The summed E-state index contributed by atoms with van der Waals surface area (Å²) in [6.07, 6.45) is 12.9. The highest BCUT2D eigenvalue weighted by molar-refractivity contribution is 7.10. The molecule has 3 rings (SSSR count). The first-order valence-corrected chi connectivity index (χ1v) is 9.57. The van der Waals surface area contributed by atoms with Crippen molar-refractivity contribution < 1.29 is 0 Å². The number of nitrogens with one attached hydrogen (secondary N) is 1. The molecule has 0 saturated heterocycles. The van der Waals surface area contributed by atoms with Crippen LogP contribution >= 0.6 is 11.3 Å². The van der Waals surface area contributed by atoms with Crippen molar-refractivity contribution in [2.75, 3.05) is 6.54 Å². The van der Waals surface area contributed by atoms with E-state index in [0.717, 1.165) is 24.4 Å². The van der Waals surface area contributed by atoms with Crippen LogP contribution in [0.4, 0.5) is 0 Å². The summed E-state index contributed by atoms with van der Waals surface area (Å²) in [7, 11) is 0. The van der Waals surface area contributed by atoms with Crippen LogP contribution in [-0.4, -0.2) is 12.6 Å². The average molecular weight is 292 g/mol. The van der Waals surface area contributed by atoms with Crippen LogP contribution in [0, 0.1) is 5.92 Å². The van der Waals surface area contributed by atoms with Crippen molar-refractivity contribution in [2.45, 2.75) is 76.7 Å². The van der Waals surface area contributed by atoms with Crippen molar-refractivity contribution >= 4 is 11.3 Å². The van der Waals surface area contributed by atoms with Gasteiger partial charge in [0.2, 0.25) is 0 Å². The first-order chi connectivity index (χ1) is 9.90. The summed E-state index contributed by atoms with van der Waals surface area (Å²) in [5, 5.41) is 6.20. The molecule has 1 fully saturated rings. The quantitative estimate of drug-likeness (QED) is 0.760. The summed E-state index contributed by atoms with van der Waals surface area (Å²) in [6, 6.07) is 3.15. The lowest BCUT2D eigenvalue weighted by Crippen LogP contribution is -2.42. The Morgan fingerprint density at radius 3 is 2.70 bits per heavy atom. The van der Waals surface area contributed by atoms with Gasteiger partial charge in [0.25, 0.3) is 0 Å². The van der Waals surface area contributed by atoms with E-state index in [9.17, 15) is 0 Å². The van der Waals surface area contributed by atoms with Crippen LogP contribution in [0.15, 0.2) is 11.4 Å². The lowest BCUT2D eigenvalue weighted by atomic mass is 9.75. The summed E-state index contributed by atoms with van der Waals surface area (Å²) in [6.45, 7) is 3.40. The monoisotopic (exact) mass is 291 g/mol. The molecule has 2 aliphatic rings. The van der Waals surface area contributed by atoms with Crippen molar-refractivity contribution in [1.29, 1.82) is 0 Å². The Labute approximate surface area is 128 Å². The minimum Gasteiger partial charge on any atom is -0.313 e. The van der Waals surface area contributed by atoms with E-state index in [2.05, 4.69) is 23.7 Å². The van der Waals surface area contributed by atoms with E-state index < -0.39 is 0 Å². The van der Waals surface area contributed by atoms with Crippen molar-refractivity contribution in [3.63, 3.8) is 0 Å². The van der Waals surface area contributed by atoms with Crippen molar-refractivity contribution in [2.24, 2.45) is 5.92 Å². The average Bonchev–Trinajstić information content (AvgIpc) is 2.79. The maximum atomic E-state index is 3.89. The maximum Gasteiger partial charge on any atom is 0.0164 e. The summed E-state index contributed by atoms with van der Waals surface area (Å²) in [5.41, 5.74) is 1.69. The molecular weight excluding hydrogens is 262 g/mol. The van der Waals surface area contributed by atoms with Crippen molar-refractivity contribution in [3.8, 4) is 0 Å². The Bertz CT molecular complexity index is 403. The molecule has 0 bridgehead atoms. The van der Waals surface area contributed by atoms with Gasteiger partial charge in [0.15, 0.2) is 0 Å². The number of hydrogen-bond donors (Lipinski definition) is 1.